The first-order chi connectivity index (χ1) is 11.3. The van der Waals surface area contributed by atoms with Crippen molar-refractivity contribution in [2.24, 2.45) is 0 Å². The number of carbonyl (C=O) groups is 1. The highest BCUT2D eigenvalue weighted by molar-refractivity contribution is 5.76. The van der Waals surface area contributed by atoms with Crippen molar-refractivity contribution in [3.63, 3.8) is 0 Å². The van der Waals surface area contributed by atoms with Gasteiger partial charge in [-0.25, -0.2) is 13.6 Å². The van der Waals surface area contributed by atoms with Gasteiger partial charge in [0.2, 0.25) is 5.91 Å². The summed E-state index contributed by atoms with van der Waals surface area (Å²) in [6.45, 7) is 1.71. The quantitative estimate of drug-likeness (QED) is 0.861. The van der Waals surface area contributed by atoms with E-state index >= 15 is 0 Å². The molecule has 128 valence electrons. The normalized spacial score (nSPS) is 10.7. The van der Waals surface area contributed by atoms with Crippen LogP contribution in [0.3, 0.4) is 0 Å². The van der Waals surface area contributed by atoms with Gasteiger partial charge in [0, 0.05) is 31.3 Å². The van der Waals surface area contributed by atoms with Crippen molar-refractivity contribution >= 4 is 5.91 Å². The summed E-state index contributed by atoms with van der Waals surface area (Å²) in [5, 5.41) is 0. The topological polar surface area (TPSA) is 86.0 Å². The molecule has 0 saturated heterocycles. The molecule has 1 heterocycles. The molecule has 0 saturated carbocycles. The minimum Gasteiger partial charge on any atom is -0.341 e. The van der Waals surface area contributed by atoms with Crippen LogP contribution in [0.1, 0.15) is 23.2 Å². The SMILES string of the molecule is Cc1[nH]c(=O)[nH]c(=O)c1CCC(=O)N(C)Cc1ccc(F)c(F)c1. The first-order valence-electron chi connectivity index (χ1n) is 7.28. The molecule has 1 amide bonds. The number of aryl methyl sites for hydroxylation is 1. The Labute approximate surface area is 136 Å². The van der Waals surface area contributed by atoms with Gasteiger partial charge in [-0.05, 0) is 31.0 Å². The zero-order chi connectivity index (χ0) is 17.9. The van der Waals surface area contributed by atoms with Crippen LogP contribution in [0.25, 0.3) is 0 Å². The molecule has 2 aromatic rings. The molecule has 1 aromatic carbocycles. The Balaban J connectivity index is 2.00. The lowest BCUT2D eigenvalue weighted by Gasteiger charge is -2.17. The Kier molecular flexibility index (Phi) is 5.28. The van der Waals surface area contributed by atoms with Crippen molar-refractivity contribution in [2.75, 3.05) is 7.05 Å². The lowest BCUT2D eigenvalue weighted by Crippen LogP contribution is -2.30. The molecule has 0 fully saturated rings. The van der Waals surface area contributed by atoms with Crippen LogP contribution in [-0.4, -0.2) is 27.8 Å². The third-order valence-corrected chi connectivity index (χ3v) is 3.67. The smallest absolute Gasteiger partial charge is 0.325 e. The fourth-order valence-electron chi connectivity index (χ4n) is 2.35. The van der Waals surface area contributed by atoms with Gasteiger partial charge in [0.1, 0.15) is 0 Å². The highest BCUT2D eigenvalue weighted by Gasteiger charge is 2.13. The van der Waals surface area contributed by atoms with E-state index in [1.165, 1.54) is 18.0 Å². The predicted molar refractivity (Wildman–Crippen MR) is 83.6 cm³/mol. The van der Waals surface area contributed by atoms with Crippen LogP contribution in [0, 0.1) is 18.6 Å². The summed E-state index contributed by atoms with van der Waals surface area (Å²) in [6, 6.07) is 3.45. The molecule has 0 aliphatic heterocycles. The molecule has 0 unspecified atom stereocenters. The molecular formula is C16H17F2N3O3. The number of rotatable bonds is 5. The number of benzene rings is 1. The second-order valence-corrected chi connectivity index (χ2v) is 5.51. The van der Waals surface area contributed by atoms with Crippen molar-refractivity contribution in [3.05, 3.63) is 67.5 Å². The van der Waals surface area contributed by atoms with Crippen LogP contribution in [0.4, 0.5) is 8.78 Å². The molecule has 2 rings (SSSR count). The molecular weight excluding hydrogens is 320 g/mol. The predicted octanol–water partition coefficient (Wildman–Crippen LogP) is 1.24. The van der Waals surface area contributed by atoms with Crippen molar-refractivity contribution in [1.82, 2.24) is 14.9 Å². The molecule has 2 N–H and O–H groups in total. The number of aromatic amines is 2. The van der Waals surface area contributed by atoms with Gasteiger partial charge < -0.3 is 9.88 Å². The van der Waals surface area contributed by atoms with E-state index in [1.54, 1.807) is 6.92 Å². The van der Waals surface area contributed by atoms with Crippen molar-refractivity contribution in [2.45, 2.75) is 26.3 Å². The fraction of sp³-hybridized carbons (Fsp3) is 0.312. The first-order valence-corrected chi connectivity index (χ1v) is 7.28. The minimum atomic E-state index is -0.969. The Morgan fingerprint density at radius 2 is 1.88 bits per heavy atom. The number of halogens is 2. The fourth-order valence-corrected chi connectivity index (χ4v) is 2.35. The molecule has 0 radical (unpaired) electrons. The summed E-state index contributed by atoms with van der Waals surface area (Å²) in [4.78, 5) is 40.9. The van der Waals surface area contributed by atoms with Crippen molar-refractivity contribution in [3.8, 4) is 0 Å². The first kappa shape index (κ1) is 17.6. The van der Waals surface area contributed by atoms with Gasteiger partial charge in [0.25, 0.3) is 5.56 Å². The average Bonchev–Trinajstić information content (AvgIpc) is 2.49. The molecule has 6 nitrogen and oxygen atoms in total. The summed E-state index contributed by atoms with van der Waals surface area (Å²) < 4.78 is 26.1. The largest absolute Gasteiger partial charge is 0.341 e. The molecule has 0 aliphatic rings. The monoisotopic (exact) mass is 337 g/mol. The maximum absolute atomic E-state index is 13.2. The minimum absolute atomic E-state index is 0.0517. The number of nitrogens with one attached hydrogen (secondary N) is 2. The Hall–Kier alpha value is -2.77. The van der Waals surface area contributed by atoms with Gasteiger partial charge in [-0.15, -0.1) is 0 Å². The summed E-state index contributed by atoms with van der Waals surface area (Å²) in [6.07, 6.45) is 0.217. The van der Waals surface area contributed by atoms with E-state index in [0.717, 1.165) is 12.1 Å². The second-order valence-electron chi connectivity index (χ2n) is 5.51. The van der Waals surface area contributed by atoms with Crippen LogP contribution in [-0.2, 0) is 17.8 Å². The van der Waals surface area contributed by atoms with E-state index in [4.69, 9.17) is 0 Å². The third kappa shape index (κ3) is 4.15. The maximum atomic E-state index is 13.2. The van der Waals surface area contributed by atoms with Crippen LogP contribution in [0.15, 0.2) is 27.8 Å². The molecule has 0 bridgehead atoms. The number of carbonyl (C=O) groups excluding carboxylic acids is 1. The van der Waals surface area contributed by atoms with E-state index < -0.39 is 22.9 Å². The van der Waals surface area contributed by atoms with Crippen LogP contribution in [0.2, 0.25) is 0 Å². The standard InChI is InChI=1S/C16H17F2N3O3/c1-9-11(15(23)20-16(24)19-9)4-6-14(22)21(2)8-10-3-5-12(17)13(18)7-10/h3,5,7H,4,6,8H2,1-2H3,(H2,19,20,23,24). The average molecular weight is 337 g/mol. The van der Waals surface area contributed by atoms with Gasteiger partial charge in [-0.3, -0.25) is 14.6 Å². The van der Waals surface area contributed by atoms with E-state index in [0.29, 0.717) is 16.8 Å². The Bertz CT molecular complexity index is 874. The molecule has 24 heavy (non-hydrogen) atoms. The molecule has 0 atom stereocenters. The Morgan fingerprint density at radius 1 is 1.17 bits per heavy atom. The third-order valence-electron chi connectivity index (χ3n) is 3.67. The van der Waals surface area contributed by atoms with Gasteiger partial charge in [0.05, 0.1) is 0 Å². The van der Waals surface area contributed by atoms with Crippen LogP contribution < -0.4 is 11.2 Å². The van der Waals surface area contributed by atoms with Crippen LogP contribution in [0.5, 0.6) is 0 Å². The number of nitrogens with zero attached hydrogens (tertiary/aromatic N) is 1. The lowest BCUT2D eigenvalue weighted by atomic mass is 10.1. The zero-order valence-electron chi connectivity index (χ0n) is 13.3. The molecule has 0 aliphatic carbocycles. The summed E-state index contributed by atoms with van der Waals surface area (Å²) >= 11 is 0. The van der Waals surface area contributed by atoms with E-state index in [9.17, 15) is 23.2 Å². The maximum Gasteiger partial charge on any atom is 0.325 e. The summed E-state index contributed by atoms with van der Waals surface area (Å²) in [5.74, 6) is -2.17. The second kappa shape index (κ2) is 7.20. The van der Waals surface area contributed by atoms with E-state index in [1.807, 2.05) is 0 Å². The van der Waals surface area contributed by atoms with Crippen LogP contribution >= 0.6 is 0 Å². The number of aromatic nitrogens is 2. The van der Waals surface area contributed by atoms with Gasteiger partial charge in [-0.2, -0.15) is 0 Å². The van der Waals surface area contributed by atoms with Crippen molar-refractivity contribution < 1.29 is 13.6 Å². The van der Waals surface area contributed by atoms with Crippen molar-refractivity contribution in [1.29, 1.82) is 0 Å². The Morgan fingerprint density at radius 3 is 2.50 bits per heavy atom. The number of hydrogen-bond acceptors (Lipinski definition) is 3. The highest BCUT2D eigenvalue weighted by Crippen LogP contribution is 2.11. The van der Waals surface area contributed by atoms with E-state index in [2.05, 4.69) is 9.97 Å². The molecule has 1 aromatic heterocycles. The summed E-state index contributed by atoms with van der Waals surface area (Å²) in [5.41, 5.74) is 0.0992. The van der Waals surface area contributed by atoms with Gasteiger partial charge >= 0.3 is 5.69 Å². The van der Waals surface area contributed by atoms with Gasteiger partial charge in [-0.1, -0.05) is 6.07 Å². The molecule has 0 spiro atoms. The number of amides is 1. The zero-order valence-corrected chi connectivity index (χ0v) is 13.3. The number of hydrogen-bond donors (Lipinski definition) is 2. The number of H-pyrrole nitrogens is 2. The van der Waals surface area contributed by atoms with Gasteiger partial charge in [0.15, 0.2) is 11.6 Å². The highest BCUT2D eigenvalue weighted by atomic mass is 19.2. The molecule has 8 heteroatoms. The lowest BCUT2D eigenvalue weighted by molar-refractivity contribution is -0.130. The van der Waals surface area contributed by atoms with E-state index in [-0.39, 0.29) is 25.3 Å². The summed E-state index contributed by atoms with van der Waals surface area (Å²) in [7, 11) is 1.54.